The van der Waals surface area contributed by atoms with E-state index in [2.05, 4.69) is 29.4 Å². The van der Waals surface area contributed by atoms with E-state index in [1.54, 1.807) is 0 Å². The van der Waals surface area contributed by atoms with Gasteiger partial charge in [0.15, 0.2) is 0 Å². The van der Waals surface area contributed by atoms with Gasteiger partial charge in [-0.2, -0.15) is 0 Å². The predicted molar refractivity (Wildman–Crippen MR) is 99.5 cm³/mol. The van der Waals surface area contributed by atoms with Crippen LogP contribution in [0.25, 0.3) is 0 Å². The fourth-order valence-corrected chi connectivity index (χ4v) is 4.33. The molecule has 2 atom stereocenters. The lowest BCUT2D eigenvalue weighted by Gasteiger charge is -2.23. The Hall–Kier alpha value is -0.0300. The Kier molecular flexibility index (Phi) is 8.12. The zero-order chi connectivity index (χ0) is 14.9. The molecule has 3 rings (SSSR count). The summed E-state index contributed by atoms with van der Waals surface area (Å²) in [6, 6.07) is 0. The molecule has 2 heterocycles. The lowest BCUT2D eigenvalue weighted by molar-refractivity contribution is -0.123. The summed E-state index contributed by atoms with van der Waals surface area (Å²) in [5.74, 6) is 2.05. The first-order valence-corrected chi connectivity index (χ1v) is 8.80. The average Bonchev–Trinajstić information content (AvgIpc) is 2.95. The number of nitrogens with zero attached hydrogens (tertiary/aromatic N) is 1. The first-order chi connectivity index (χ1) is 10.1. The summed E-state index contributed by atoms with van der Waals surface area (Å²) in [7, 11) is 0. The third-order valence-corrected chi connectivity index (χ3v) is 5.66. The van der Waals surface area contributed by atoms with Crippen LogP contribution < -0.4 is 10.6 Å². The summed E-state index contributed by atoms with van der Waals surface area (Å²) < 4.78 is 0. The number of hydrogen-bond acceptors (Lipinski definition) is 3. The van der Waals surface area contributed by atoms with E-state index in [0.717, 1.165) is 38.5 Å². The van der Waals surface area contributed by atoms with Crippen LogP contribution in [0.5, 0.6) is 0 Å². The lowest BCUT2D eigenvalue weighted by atomic mass is 9.91. The van der Waals surface area contributed by atoms with Gasteiger partial charge in [-0.1, -0.05) is 13.8 Å². The van der Waals surface area contributed by atoms with E-state index in [0.29, 0.717) is 23.2 Å². The molecule has 2 N–H and O–H groups in total. The maximum atomic E-state index is 12.3. The van der Waals surface area contributed by atoms with Gasteiger partial charge in [0.05, 0.1) is 0 Å². The number of piperidine rings is 1. The molecule has 1 aliphatic carbocycles. The molecular weight excluding hydrogens is 333 g/mol. The number of halogens is 2. The largest absolute Gasteiger partial charge is 0.356 e. The molecule has 0 aromatic rings. The summed E-state index contributed by atoms with van der Waals surface area (Å²) >= 11 is 0. The van der Waals surface area contributed by atoms with Crippen molar-refractivity contribution in [2.24, 2.45) is 23.2 Å². The number of nitrogens with one attached hydrogen (secondary N) is 2. The molecule has 6 heteroatoms. The van der Waals surface area contributed by atoms with Crippen LogP contribution in [-0.2, 0) is 4.79 Å². The summed E-state index contributed by atoms with van der Waals surface area (Å²) in [4.78, 5) is 14.9. The summed E-state index contributed by atoms with van der Waals surface area (Å²) in [5, 5.41) is 6.65. The topological polar surface area (TPSA) is 44.4 Å². The molecule has 1 amide bonds. The van der Waals surface area contributed by atoms with E-state index in [1.165, 1.54) is 32.4 Å². The fourth-order valence-electron chi connectivity index (χ4n) is 4.33. The molecule has 0 bridgehead atoms. The second kappa shape index (κ2) is 8.89. The van der Waals surface area contributed by atoms with Crippen molar-refractivity contribution in [3.05, 3.63) is 0 Å². The van der Waals surface area contributed by atoms with Crippen molar-refractivity contribution in [2.45, 2.75) is 39.5 Å². The molecule has 23 heavy (non-hydrogen) atoms. The number of rotatable bonds is 5. The zero-order valence-corrected chi connectivity index (χ0v) is 16.1. The molecule has 2 unspecified atom stereocenters. The van der Waals surface area contributed by atoms with E-state index < -0.39 is 0 Å². The summed E-state index contributed by atoms with van der Waals surface area (Å²) in [5.41, 5.74) is 0.370. The molecule has 3 fully saturated rings. The Labute approximate surface area is 153 Å². The highest BCUT2D eigenvalue weighted by Gasteiger charge is 2.57. The van der Waals surface area contributed by atoms with Crippen LogP contribution >= 0.6 is 24.8 Å². The van der Waals surface area contributed by atoms with Crippen LogP contribution in [0.15, 0.2) is 0 Å². The molecule has 3 aliphatic rings. The molecular formula is C17H33Cl2N3O. The van der Waals surface area contributed by atoms with Crippen molar-refractivity contribution in [1.82, 2.24) is 15.5 Å². The Morgan fingerprint density at radius 3 is 2.65 bits per heavy atom. The first-order valence-electron chi connectivity index (χ1n) is 8.80. The number of carbonyl (C=O) groups is 1. The number of carbonyl (C=O) groups excluding carboxylic acids is 1. The molecule has 0 aromatic heterocycles. The summed E-state index contributed by atoms with van der Waals surface area (Å²) in [6.45, 7) is 11.2. The van der Waals surface area contributed by atoms with E-state index in [1.807, 2.05) is 0 Å². The Morgan fingerprint density at radius 2 is 2.00 bits per heavy atom. The van der Waals surface area contributed by atoms with Gasteiger partial charge in [0, 0.05) is 25.6 Å². The normalized spacial score (nSPS) is 29.0. The minimum atomic E-state index is 0. The van der Waals surface area contributed by atoms with Crippen molar-refractivity contribution >= 4 is 30.7 Å². The van der Waals surface area contributed by atoms with Crippen LogP contribution in [0.4, 0.5) is 0 Å². The van der Waals surface area contributed by atoms with Gasteiger partial charge in [0.25, 0.3) is 0 Å². The maximum absolute atomic E-state index is 12.3. The van der Waals surface area contributed by atoms with Gasteiger partial charge in [-0.15, -0.1) is 24.8 Å². The Balaban J connectivity index is 0.00000132. The van der Waals surface area contributed by atoms with Gasteiger partial charge in [-0.05, 0) is 62.6 Å². The van der Waals surface area contributed by atoms with Crippen LogP contribution in [0.2, 0.25) is 0 Å². The Morgan fingerprint density at radius 1 is 1.30 bits per heavy atom. The second-order valence-corrected chi connectivity index (χ2v) is 7.92. The fraction of sp³-hybridized carbons (Fsp3) is 0.941. The minimum absolute atomic E-state index is 0. The number of likely N-dealkylation sites (tertiary alicyclic amines) is 1. The van der Waals surface area contributed by atoms with Crippen LogP contribution in [-0.4, -0.2) is 50.1 Å². The highest BCUT2D eigenvalue weighted by atomic mass is 35.5. The molecule has 2 aliphatic heterocycles. The molecule has 0 radical (unpaired) electrons. The van der Waals surface area contributed by atoms with E-state index in [-0.39, 0.29) is 24.8 Å². The van der Waals surface area contributed by atoms with E-state index in [9.17, 15) is 4.79 Å². The van der Waals surface area contributed by atoms with Crippen LogP contribution in [0, 0.1) is 23.2 Å². The highest BCUT2D eigenvalue weighted by Crippen LogP contribution is 2.58. The van der Waals surface area contributed by atoms with Gasteiger partial charge in [0.2, 0.25) is 5.91 Å². The smallest absolute Gasteiger partial charge is 0.223 e. The van der Waals surface area contributed by atoms with Crippen molar-refractivity contribution < 1.29 is 4.79 Å². The molecule has 1 saturated carbocycles. The van der Waals surface area contributed by atoms with Gasteiger partial charge in [-0.3, -0.25) is 4.79 Å². The molecule has 2 saturated heterocycles. The highest BCUT2D eigenvalue weighted by molar-refractivity contribution is 5.85. The molecule has 4 nitrogen and oxygen atoms in total. The Bertz CT molecular complexity index is 386. The van der Waals surface area contributed by atoms with Crippen LogP contribution in [0.3, 0.4) is 0 Å². The van der Waals surface area contributed by atoms with Gasteiger partial charge >= 0.3 is 0 Å². The molecule has 0 aromatic carbocycles. The van der Waals surface area contributed by atoms with Gasteiger partial charge in [-0.25, -0.2) is 0 Å². The quantitative estimate of drug-likeness (QED) is 0.785. The van der Waals surface area contributed by atoms with Gasteiger partial charge < -0.3 is 15.5 Å². The third-order valence-electron chi connectivity index (χ3n) is 5.66. The van der Waals surface area contributed by atoms with Crippen molar-refractivity contribution in [1.29, 1.82) is 0 Å². The lowest BCUT2D eigenvalue weighted by Crippen LogP contribution is -2.36. The predicted octanol–water partition coefficient (Wildman–Crippen LogP) is 2.31. The zero-order valence-electron chi connectivity index (χ0n) is 14.5. The second-order valence-electron chi connectivity index (χ2n) is 7.92. The average molecular weight is 366 g/mol. The van der Waals surface area contributed by atoms with Crippen molar-refractivity contribution in [3.8, 4) is 0 Å². The first kappa shape index (κ1) is 21.0. The van der Waals surface area contributed by atoms with E-state index in [4.69, 9.17) is 0 Å². The van der Waals surface area contributed by atoms with E-state index >= 15 is 0 Å². The van der Waals surface area contributed by atoms with Crippen molar-refractivity contribution in [2.75, 3.05) is 39.3 Å². The third kappa shape index (κ3) is 5.22. The maximum Gasteiger partial charge on any atom is 0.223 e. The standard InChI is InChI=1S/C17H31N3O.2ClH/c1-13(2)11-20-8-3-14(12-20)10-19-16(21)15-9-17(15)4-6-18-7-5-17;;/h13-15,18H,3-12H2,1-2H3,(H,19,21);2*1H. The molecule has 1 spiro atoms. The van der Waals surface area contributed by atoms with Crippen LogP contribution in [0.1, 0.15) is 39.5 Å². The molecule has 136 valence electrons. The van der Waals surface area contributed by atoms with Gasteiger partial charge in [0.1, 0.15) is 0 Å². The SMILES string of the molecule is CC(C)CN1CCC(CNC(=O)C2CC23CCNCC3)C1.Cl.Cl. The summed E-state index contributed by atoms with van der Waals surface area (Å²) in [6.07, 6.45) is 4.75. The minimum Gasteiger partial charge on any atom is -0.356 e. The monoisotopic (exact) mass is 365 g/mol. The number of hydrogen-bond donors (Lipinski definition) is 2. The number of amides is 1. The van der Waals surface area contributed by atoms with Crippen molar-refractivity contribution in [3.63, 3.8) is 0 Å².